The molecule has 1 atom stereocenters. The largest absolute Gasteiger partial charge is 0.481 e. The van der Waals surface area contributed by atoms with Crippen LogP contribution in [0.1, 0.15) is 34.8 Å². The lowest BCUT2D eigenvalue weighted by Crippen LogP contribution is -2.30. The molecule has 1 aromatic carbocycles. The Hall–Kier alpha value is -3.32. The van der Waals surface area contributed by atoms with Crippen LogP contribution in [0.4, 0.5) is 5.82 Å². The minimum Gasteiger partial charge on any atom is -0.481 e. The minimum atomic E-state index is -0.376. The number of carbonyl (C=O) groups excluding carboxylic acids is 2. The number of pyridine rings is 2. The Balaban J connectivity index is 1.72. The summed E-state index contributed by atoms with van der Waals surface area (Å²) in [6, 6.07) is 14.4. The maximum Gasteiger partial charge on any atom is 0.260 e. The van der Waals surface area contributed by atoms with Gasteiger partial charge >= 0.3 is 0 Å². The van der Waals surface area contributed by atoms with Crippen LogP contribution in [0.3, 0.4) is 0 Å². The van der Waals surface area contributed by atoms with Crippen LogP contribution >= 0.6 is 0 Å². The summed E-state index contributed by atoms with van der Waals surface area (Å²) in [5.74, 6) is 0.906. The van der Waals surface area contributed by atoms with E-state index in [1.54, 1.807) is 30.2 Å². The number of methoxy groups -OCH3 is 1. The Morgan fingerprint density at radius 3 is 2.63 bits per heavy atom. The topological polar surface area (TPSA) is 75.6 Å². The number of hydrogen-bond acceptors (Lipinski definition) is 6. The Morgan fingerprint density at radius 2 is 1.87 bits per heavy atom. The van der Waals surface area contributed by atoms with Gasteiger partial charge < -0.3 is 9.64 Å². The molecule has 0 saturated heterocycles. The van der Waals surface area contributed by atoms with E-state index in [0.29, 0.717) is 35.9 Å². The molecule has 4 rings (SSSR count). The smallest absolute Gasteiger partial charge is 0.260 e. The summed E-state index contributed by atoms with van der Waals surface area (Å²) in [6.07, 6.45) is 0.694. The molecule has 30 heavy (non-hydrogen) atoms. The van der Waals surface area contributed by atoms with Crippen LogP contribution in [0, 0.1) is 0 Å². The number of anilines is 1. The zero-order valence-corrected chi connectivity index (χ0v) is 17.3. The van der Waals surface area contributed by atoms with E-state index in [2.05, 4.69) is 9.97 Å². The number of benzene rings is 1. The van der Waals surface area contributed by atoms with Gasteiger partial charge in [0.15, 0.2) is 5.65 Å². The lowest BCUT2D eigenvalue weighted by Gasteiger charge is -2.24. The number of Topliss-reactive ketones (excluding diaryl/α,β-unsaturated/α-hetero) is 1. The summed E-state index contributed by atoms with van der Waals surface area (Å²) in [7, 11) is 5.43. The van der Waals surface area contributed by atoms with Gasteiger partial charge in [-0.2, -0.15) is 4.98 Å². The predicted octanol–water partition coefficient (Wildman–Crippen LogP) is 3.25. The number of fused-ring (bicyclic) bond motifs is 2. The second kappa shape index (κ2) is 8.20. The first-order valence-electron chi connectivity index (χ1n) is 9.88. The van der Waals surface area contributed by atoms with E-state index in [1.807, 2.05) is 49.3 Å². The van der Waals surface area contributed by atoms with E-state index in [9.17, 15) is 9.59 Å². The van der Waals surface area contributed by atoms with Gasteiger partial charge in [0, 0.05) is 36.4 Å². The van der Waals surface area contributed by atoms with Crippen molar-refractivity contribution in [1.82, 2.24) is 14.9 Å². The molecule has 0 fully saturated rings. The van der Waals surface area contributed by atoms with Gasteiger partial charge in [0.25, 0.3) is 5.91 Å². The fraction of sp³-hybridized carbons (Fsp3) is 0.304. The zero-order valence-electron chi connectivity index (χ0n) is 17.3. The molecule has 2 aromatic heterocycles. The third-order valence-corrected chi connectivity index (χ3v) is 5.31. The van der Waals surface area contributed by atoms with Crippen molar-refractivity contribution >= 4 is 28.5 Å². The van der Waals surface area contributed by atoms with E-state index < -0.39 is 0 Å². The Labute approximate surface area is 175 Å². The van der Waals surface area contributed by atoms with Gasteiger partial charge in [-0.05, 0) is 43.9 Å². The Bertz CT molecular complexity index is 1110. The molecular weight excluding hydrogens is 380 g/mol. The molecule has 0 bridgehead atoms. The van der Waals surface area contributed by atoms with Gasteiger partial charge in [-0.25, -0.2) is 4.98 Å². The SMILES string of the molecule is COc1ccc2ccc(N3C(=O)c4ccccc4C3CC(=O)CCN(C)C)nc2n1. The first-order valence-corrected chi connectivity index (χ1v) is 9.88. The quantitative estimate of drug-likeness (QED) is 0.602. The van der Waals surface area contributed by atoms with Crippen molar-refractivity contribution in [3.05, 3.63) is 59.7 Å². The number of carbonyl (C=O) groups is 2. The number of hydrogen-bond donors (Lipinski definition) is 0. The van der Waals surface area contributed by atoms with Gasteiger partial charge in [-0.15, -0.1) is 0 Å². The summed E-state index contributed by atoms with van der Waals surface area (Å²) in [5.41, 5.74) is 1.97. The summed E-state index contributed by atoms with van der Waals surface area (Å²) in [6.45, 7) is 0.680. The van der Waals surface area contributed by atoms with Crippen LogP contribution in [-0.4, -0.2) is 54.3 Å². The van der Waals surface area contributed by atoms with E-state index in [1.165, 1.54) is 0 Å². The third-order valence-electron chi connectivity index (χ3n) is 5.31. The molecule has 7 heteroatoms. The molecule has 1 aliphatic heterocycles. The molecule has 0 N–H and O–H groups in total. The molecule has 0 saturated carbocycles. The van der Waals surface area contributed by atoms with Crippen molar-refractivity contribution in [2.75, 3.05) is 32.6 Å². The van der Waals surface area contributed by atoms with Crippen molar-refractivity contribution in [3.63, 3.8) is 0 Å². The van der Waals surface area contributed by atoms with Crippen LogP contribution in [-0.2, 0) is 4.79 Å². The van der Waals surface area contributed by atoms with Gasteiger partial charge in [0.2, 0.25) is 5.88 Å². The van der Waals surface area contributed by atoms with E-state index in [4.69, 9.17) is 4.74 Å². The van der Waals surface area contributed by atoms with Crippen LogP contribution in [0.15, 0.2) is 48.5 Å². The van der Waals surface area contributed by atoms with Crippen molar-refractivity contribution < 1.29 is 14.3 Å². The molecule has 1 unspecified atom stereocenters. The fourth-order valence-electron chi connectivity index (χ4n) is 3.74. The summed E-state index contributed by atoms with van der Waals surface area (Å²) >= 11 is 0. The minimum absolute atomic E-state index is 0.115. The van der Waals surface area contributed by atoms with Crippen molar-refractivity contribution in [3.8, 4) is 5.88 Å². The average molecular weight is 404 g/mol. The third kappa shape index (κ3) is 3.76. The summed E-state index contributed by atoms with van der Waals surface area (Å²) in [4.78, 5) is 38.5. The number of ketones is 1. The van der Waals surface area contributed by atoms with Gasteiger partial charge in [-0.1, -0.05) is 18.2 Å². The fourth-order valence-corrected chi connectivity index (χ4v) is 3.74. The maximum absolute atomic E-state index is 13.2. The molecule has 0 aliphatic carbocycles. The highest BCUT2D eigenvalue weighted by molar-refractivity contribution is 6.11. The molecule has 3 aromatic rings. The molecule has 1 aliphatic rings. The maximum atomic E-state index is 13.2. The van der Waals surface area contributed by atoms with Gasteiger partial charge in [0.05, 0.1) is 13.2 Å². The van der Waals surface area contributed by atoms with E-state index in [-0.39, 0.29) is 24.2 Å². The zero-order chi connectivity index (χ0) is 21.3. The second-order valence-electron chi connectivity index (χ2n) is 7.64. The van der Waals surface area contributed by atoms with Crippen LogP contribution in [0.25, 0.3) is 11.0 Å². The highest BCUT2D eigenvalue weighted by Crippen LogP contribution is 2.39. The van der Waals surface area contributed by atoms with E-state index >= 15 is 0 Å². The molecule has 7 nitrogen and oxygen atoms in total. The van der Waals surface area contributed by atoms with Crippen molar-refractivity contribution in [2.24, 2.45) is 0 Å². The van der Waals surface area contributed by atoms with Crippen molar-refractivity contribution in [1.29, 1.82) is 0 Å². The first-order chi connectivity index (χ1) is 14.5. The molecule has 1 amide bonds. The number of nitrogens with zero attached hydrogens (tertiary/aromatic N) is 4. The highest BCUT2D eigenvalue weighted by Gasteiger charge is 2.39. The Morgan fingerprint density at radius 1 is 1.10 bits per heavy atom. The average Bonchev–Trinajstić information content (AvgIpc) is 3.03. The lowest BCUT2D eigenvalue weighted by molar-refractivity contribution is -0.119. The van der Waals surface area contributed by atoms with Gasteiger partial charge in [0.1, 0.15) is 11.6 Å². The second-order valence-corrected chi connectivity index (χ2v) is 7.64. The predicted molar refractivity (Wildman–Crippen MR) is 115 cm³/mol. The van der Waals surface area contributed by atoms with Crippen molar-refractivity contribution in [2.45, 2.75) is 18.9 Å². The first kappa shape index (κ1) is 20.0. The molecular formula is C23H24N4O3. The molecule has 154 valence electrons. The normalized spacial score (nSPS) is 15.7. The van der Waals surface area contributed by atoms with Crippen LogP contribution in [0.2, 0.25) is 0 Å². The Kier molecular flexibility index (Phi) is 5.46. The monoisotopic (exact) mass is 404 g/mol. The number of aromatic nitrogens is 2. The number of amides is 1. The molecule has 0 spiro atoms. The standard InChI is InChI=1S/C23H24N4O3/c1-26(2)13-12-16(28)14-19-17-6-4-5-7-18(17)23(29)27(19)20-10-8-15-9-11-21(30-3)25-22(15)24-20/h4-11,19H,12-14H2,1-3H3. The summed E-state index contributed by atoms with van der Waals surface area (Å²) in [5, 5.41) is 0.849. The van der Waals surface area contributed by atoms with Crippen LogP contribution in [0.5, 0.6) is 5.88 Å². The number of ether oxygens (including phenoxy) is 1. The number of rotatable bonds is 7. The van der Waals surface area contributed by atoms with Gasteiger partial charge in [-0.3, -0.25) is 14.5 Å². The van der Waals surface area contributed by atoms with Crippen LogP contribution < -0.4 is 9.64 Å². The lowest BCUT2D eigenvalue weighted by atomic mass is 9.99. The van der Waals surface area contributed by atoms with E-state index in [0.717, 1.165) is 10.9 Å². The summed E-state index contributed by atoms with van der Waals surface area (Å²) < 4.78 is 5.20. The molecule has 3 heterocycles. The molecule has 0 radical (unpaired) electrons. The highest BCUT2D eigenvalue weighted by atomic mass is 16.5.